The first-order valence-electron chi connectivity index (χ1n) is 11.4. The van der Waals surface area contributed by atoms with E-state index in [1.807, 2.05) is 31.2 Å². The average molecular weight is 486 g/mol. The van der Waals surface area contributed by atoms with Crippen LogP contribution in [-0.2, 0) is 4.79 Å². The number of nitrogens with one attached hydrogen (secondary N) is 1. The van der Waals surface area contributed by atoms with Gasteiger partial charge in [-0.05, 0) is 57.2 Å². The van der Waals surface area contributed by atoms with Crippen LogP contribution in [0.2, 0.25) is 0 Å². The summed E-state index contributed by atoms with van der Waals surface area (Å²) < 4.78 is 11.7. The molecule has 4 rings (SSSR count). The molecule has 8 nitrogen and oxygen atoms in total. The van der Waals surface area contributed by atoms with Gasteiger partial charge in [0.25, 0.3) is 11.8 Å². The molecule has 0 unspecified atom stereocenters. The van der Waals surface area contributed by atoms with Gasteiger partial charge in [-0.15, -0.1) is 0 Å². The lowest BCUT2D eigenvalue weighted by molar-refractivity contribution is -0.120. The predicted octanol–water partition coefficient (Wildman–Crippen LogP) is 3.46. The Morgan fingerprint density at radius 1 is 1.17 bits per heavy atom. The summed E-state index contributed by atoms with van der Waals surface area (Å²) in [4.78, 5) is 31.6. The Kier molecular flexibility index (Phi) is 6.95. The zero-order valence-corrected chi connectivity index (χ0v) is 20.5. The van der Waals surface area contributed by atoms with Crippen LogP contribution in [0.25, 0.3) is 0 Å². The van der Waals surface area contributed by atoms with Crippen LogP contribution in [0, 0.1) is 18.8 Å². The van der Waals surface area contributed by atoms with Gasteiger partial charge in [0.2, 0.25) is 0 Å². The Balaban J connectivity index is 1.47. The smallest absolute Gasteiger partial charge is 0.270 e. The first-order chi connectivity index (χ1) is 17.1. The van der Waals surface area contributed by atoms with E-state index in [4.69, 9.17) is 9.47 Å². The molecule has 0 aliphatic carbocycles. The number of carbonyl (C=O) groups excluding carboxylic acids is 2. The van der Waals surface area contributed by atoms with Crippen molar-refractivity contribution < 1.29 is 24.2 Å². The molecule has 0 fully saturated rings. The lowest BCUT2D eigenvalue weighted by atomic mass is 10.1. The van der Waals surface area contributed by atoms with E-state index < -0.39 is 17.6 Å². The fourth-order valence-corrected chi connectivity index (χ4v) is 3.48. The van der Waals surface area contributed by atoms with Gasteiger partial charge >= 0.3 is 0 Å². The topological polar surface area (TPSA) is 101 Å². The fourth-order valence-electron chi connectivity index (χ4n) is 3.48. The van der Waals surface area contributed by atoms with E-state index >= 15 is 0 Å². The van der Waals surface area contributed by atoms with Crippen molar-refractivity contribution >= 4 is 17.5 Å². The third-order valence-electron chi connectivity index (χ3n) is 5.39. The molecule has 2 aromatic carbocycles. The zero-order chi connectivity index (χ0) is 25.9. The third kappa shape index (κ3) is 6.01. The Bertz CT molecular complexity index is 1350. The maximum absolute atomic E-state index is 13.1. The Morgan fingerprint density at radius 3 is 2.64 bits per heavy atom. The number of hydrogen-bond acceptors (Lipinski definition) is 6. The molecule has 1 aliphatic heterocycles. The van der Waals surface area contributed by atoms with Crippen molar-refractivity contribution in [1.29, 1.82) is 0 Å². The SMILES string of the molecule is Cc1ccc(Oc2ccnc(C(=O)N[C@H]3COc4cc(C#CC(C)(C)O)ccc4N(C)C3=O)c2)cc1. The molecule has 0 radical (unpaired) electrons. The van der Waals surface area contributed by atoms with E-state index in [1.165, 1.54) is 17.2 Å². The summed E-state index contributed by atoms with van der Waals surface area (Å²) in [6, 6.07) is 14.9. The molecule has 8 heteroatoms. The number of benzene rings is 2. The highest BCUT2D eigenvalue weighted by Gasteiger charge is 2.31. The third-order valence-corrected chi connectivity index (χ3v) is 5.39. The monoisotopic (exact) mass is 485 g/mol. The summed E-state index contributed by atoms with van der Waals surface area (Å²) >= 11 is 0. The van der Waals surface area contributed by atoms with Crippen molar-refractivity contribution in [2.24, 2.45) is 0 Å². The summed E-state index contributed by atoms with van der Waals surface area (Å²) in [6.07, 6.45) is 1.47. The zero-order valence-electron chi connectivity index (χ0n) is 20.5. The minimum atomic E-state index is -1.13. The van der Waals surface area contributed by atoms with Gasteiger partial charge < -0.3 is 24.8 Å². The molecule has 0 saturated heterocycles. The van der Waals surface area contributed by atoms with Crippen molar-refractivity contribution in [3.8, 4) is 29.1 Å². The molecule has 0 spiro atoms. The predicted molar refractivity (Wildman–Crippen MR) is 135 cm³/mol. The fraction of sp³-hybridized carbons (Fsp3) is 0.250. The number of likely N-dealkylation sites (N-methyl/N-ethyl adjacent to an activating group) is 1. The summed E-state index contributed by atoms with van der Waals surface area (Å²) in [5, 5.41) is 12.6. The number of nitrogens with zero attached hydrogens (tertiary/aromatic N) is 2. The molecule has 3 aromatic rings. The Hall–Kier alpha value is -4.35. The second-order valence-corrected chi connectivity index (χ2v) is 9.02. The summed E-state index contributed by atoms with van der Waals surface area (Å²) in [6.45, 7) is 5.11. The molecule has 0 saturated carbocycles. The molecule has 2 N–H and O–H groups in total. The lowest BCUT2D eigenvalue weighted by Gasteiger charge is -2.20. The summed E-state index contributed by atoms with van der Waals surface area (Å²) in [5.41, 5.74) is 1.27. The van der Waals surface area contributed by atoms with Crippen molar-refractivity contribution in [2.75, 3.05) is 18.6 Å². The number of fused-ring (bicyclic) bond motifs is 1. The second kappa shape index (κ2) is 10.1. The average Bonchev–Trinajstić information content (AvgIpc) is 2.96. The van der Waals surface area contributed by atoms with Crippen LogP contribution >= 0.6 is 0 Å². The van der Waals surface area contributed by atoms with Crippen molar-refractivity contribution in [1.82, 2.24) is 10.3 Å². The quantitative estimate of drug-likeness (QED) is 0.549. The van der Waals surface area contributed by atoms with Crippen LogP contribution in [0.3, 0.4) is 0 Å². The molecule has 0 bridgehead atoms. The van der Waals surface area contributed by atoms with E-state index in [2.05, 4.69) is 22.1 Å². The van der Waals surface area contributed by atoms with Crippen LogP contribution in [0.4, 0.5) is 5.69 Å². The molecular weight excluding hydrogens is 458 g/mol. The minimum Gasteiger partial charge on any atom is -0.489 e. The summed E-state index contributed by atoms with van der Waals surface area (Å²) in [7, 11) is 1.62. The summed E-state index contributed by atoms with van der Waals surface area (Å²) in [5.74, 6) is 6.34. The number of anilines is 1. The molecule has 184 valence electrons. The number of aliphatic hydroxyl groups is 1. The maximum Gasteiger partial charge on any atom is 0.270 e. The van der Waals surface area contributed by atoms with E-state index in [-0.39, 0.29) is 18.2 Å². The van der Waals surface area contributed by atoms with Crippen LogP contribution in [0.5, 0.6) is 17.2 Å². The largest absolute Gasteiger partial charge is 0.489 e. The maximum atomic E-state index is 13.1. The highest BCUT2D eigenvalue weighted by atomic mass is 16.5. The van der Waals surface area contributed by atoms with Gasteiger partial charge in [0.15, 0.2) is 0 Å². The molecule has 36 heavy (non-hydrogen) atoms. The normalized spacial score (nSPS) is 15.1. The van der Waals surface area contributed by atoms with E-state index in [0.29, 0.717) is 28.5 Å². The van der Waals surface area contributed by atoms with Gasteiger partial charge in [0.05, 0.1) is 5.69 Å². The van der Waals surface area contributed by atoms with Crippen LogP contribution < -0.4 is 19.7 Å². The highest BCUT2D eigenvalue weighted by molar-refractivity contribution is 6.03. The van der Waals surface area contributed by atoms with Gasteiger partial charge in [-0.25, -0.2) is 0 Å². The number of hydrogen-bond donors (Lipinski definition) is 2. The van der Waals surface area contributed by atoms with Gasteiger partial charge in [-0.2, -0.15) is 0 Å². The van der Waals surface area contributed by atoms with Crippen molar-refractivity contribution in [2.45, 2.75) is 32.4 Å². The van der Waals surface area contributed by atoms with Crippen molar-refractivity contribution in [3.63, 3.8) is 0 Å². The molecule has 2 amide bonds. The lowest BCUT2D eigenvalue weighted by Crippen LogP contribution is -2.49. The standard InChI is InChI=1S/C28H27N3O5/c1-18-5-8-20(9-6-18)36-21-12-14-29-22(16-21)26(32)30-23-17-35-25-15-19(11-13-28(2,3)34)7-10-24(25)31(4)27(23)33/h5-10,12,14-16,23,34H,17H2,1-4H3,(H,30,32)/t23-/m0/s1. The number of rotatable bonds is 4. The number of ether oxygens (including phenoxy) is 2. The van der Waals surface area contributed by atoms with Crippen LogP contribution in [0.15, 0.2) is 60.8 Å². The van der Waals surface area contributed by atoms with Gasteiger partial charge in [-0.1, -0.05) is 29.5 Å². The molecule has 2 heterocycles. The van der Waals surface area contributed by atoms with E-state index in [0.717, 1.165) is 5.56 Å². The number of pyridine rings is 1. The molecule has 1 atom stereocenters. The van der Waals surface area contributed by atoms with Crippen molar-refractivity contribution in [3.05, 3.63) is 77.6 Å². The first kappa shape index (κ1) is 24.8. The van der Waals surface area contributed by atoms with Gasteiger partial charge in [0, 0.05) is 24.9 Å². The molecule has 1 aliphatic rings. The number of amides is 2. The number of aryl methyl sites for hydroxylation is 1. The number of carbonyl (C=O) groups is 2. The van der Waals surface area contributed by atoms with Gasteiger partial charge in [-0.3, -0.25) is 14.6 Å². The van der Waals surface area contributed by atoms with Gasteiger partial charge in [0.1, 0.15) is 41.2 Å². The Morgan fingerprint density at radius 2 is 1.92 bits per heavy atom. The molecule has 1 aromatic heterocycles. The van der Waals surface area contributed by atoms with Crippen LogP contribution in [-0.4, -0.2) is 47.2 Å². The van der Waals surface area contributed by atoms with E-state index in [9.17, 15) is 14.7 Å². The highest BCUT2D eigenvalue weighted by Crippen LogP contribution is 2.31. The number of aromatic nitrogens is 1. The minimum absolute atomic E-state index is 0.0656. The first-order valence-corrected chi connectivity index (χ1v) is 11.4. The second-order valence-electron chi connectivity index (χ2n) is 9.02. The van der Waals surface area contributed by atoms with E-state index in [1.54, 1.807) is 45.2 Å². The molecular formula is C28H27N3O5. The van der Waals surface area contributed by atoms with Crippen LogP contribution in [0.1, 0.15) is 35.5 Å². The Labute approximate surface area is 209 Å².